The first kappa shape index (κ1) is 21.8. The lowest BCUT2D eigenvalue weighted by molar-refractivity contribution is 0.0227. The number of benzene rings is 3. The van der Waals surface area contributed by atoms with Gasteiger partial charge in [0.15, 0.2) is 6.73 Å². The van der Waals surface area contributed by atoms with E-state index in [1.165, 1.54) is 48.5 Å². The van der Waals surface area contributed by atoms with Crippen LogP contribution in [0.1, 0.15) is 51.8 Å². The maximum Gasteiger partial charge on any atom is 0.339 e. The molecule has 0 spiro atoms. The Bertz CT molecular complexity index is 1420. The SMILES string of the molecule is O=C(OCN1C(=O)c2ccccc2C1=O)c1ccc2c(c1)C(=O)N(c1ccc(Cl)c(Cl)c1)C2=O. The van der Waals surface area contributed by atoms with Gasteiger partial charge in [-0.15, -0.1) is 0 Å². The van der Waals surface area contributed by atoms with Crippen molar-refractivity contribution in [3.63, 3.8) is 0 Å². The van der Waals surface area contributed by atoms with E-state index in [9.17, 15) is 24.0 Å². The van der Waals surface area contributed by atoms with E-state index in [0.717, 1.165) is 9.80 Å². The number of amides is 4. The van der Waals surface area contributed by atoms with Gasteiger partial charge in [0.25, 0.3) is 23.6 Å². The van der Waals surface area contributed by atoms with Gasteiger partial charge in [-0.3, -0.25) is 19.2 Å². The van der Waals surface area contributed by atoms with Crippen molar-refractivity contribution in [2.24, 2.45) is 0 Å². The molecule has 2 heterocycles. The van der Waals surface area contributed by atoms with Gasteiger partial charge in [-0.2, -0.15) is 0 Å². The number of hydrogen-bond acceptors (Lipinski definition) is 6. The number of carbonyl (C=O) groups is 5. The molecule has 168 valence electrons. The summed E-state index contributed by atoms with van der Waals surface area (Å²) in [4.78, 5) is 64.9. The predicted molar refractivity (Wildman–Crippen MR) is 121 cm³/mol. The number of nitrogens with zero attached hydrogens (tertiary/aromatic N) is 2. The van der Waals surface area contributed by atoms with Crippen LogP contribution in [0, 0.1) is 0 Å². The van der Waals surface area contributed by atoms with E-state index in [1.54, 1.807) is 12.1 Å². The number of carbonyl (C=O) groups excluding carboxylic acids is 5. The highest BCUT2D eigenvalue weighted by molar-refractivity contribution is 6.42. The fraction of sp³-hybridized carbons (Fsp3) is 0.0417. The van der Waals surface area contributed by atoms with E-state index in [2.05, 4.69) is 0 Å². The Labute approximate surface area is 202 Å². The van der Waals surface area contributed by atoms with Gasteiger partial charge in [0.1, 0.15) is 0 Å². The van der Waals surface area contributed by atoms with E-state index >= 15 is 0 Å². The molecule has 0 radical (unpaired) electrons. The highest BCUT2D eigenvalue weighted by Crippen LogP contribution is 2.33. The summed E-state index contributed by atoms with van der Waals surface area (Å²) in [7, 11) is 0. The summed E-state index contributed by atoms with van der Waals surface area (Å²) in [6.45, 7) is -0.593. The maximum atomic E-state index is 12.9. The van der Waals surface area contributed by atoms with E-state index in [4.69, 9.17) is 27.9 Å². The predicted octanol–water partition coefficient (Wildman–Crippen LogP) is 4.20. The summed E-state index contributed by atoms with van der Waals surface area (Å²) in [5.74, 6) is -3.23. The standard InChI is InChI=1S/C24H12Cl2N2O6/c25-18-8-6-13(10-19(18)26)28-22(31)16-7-5-12(9-17(16)23(28)32)24(33)34-11-27-20(29)14-3-1-2-4-15(14)21(27)30/h1-10H,11H2. The van der Waals surface area contributed by atoms with Crippen molar-refractivity contribution in [1.29, 1.82) is 0 Å². The van der Waals surface area contributed by atoms with Crippen LogP contribution in [0.3, 0.4) is 0 Å². The molecule has 3 aromatic rings. The fourth-order valence-electron chi connectivity index (χ4n) is 3.79. The van der Waals surface area contributed by atoms with Crippen molar-refractivity contribution in [3.05, 3.63) is 98.5 Å². The van der Waals surface area contributed by atoms with Crippen LogP contribution >= 0.6 is 23.2 Å². The Kier molecular flexibility index (Phi) is 5.19. The van der Waals surface area contributed by atoms with Crippen LogP contribution in [0.4, 0.5) is 5.69 Å². The van der Waals surface area contributed by atoms with Gasteiger partial charge in [0.05, 0.1) is 43.5 Å². The van der Waals surface area contributed by atoms with Gasteiger partial charge in [-0.05, 0) is 48.5 Å². The molecule has 8 nitrogen and oxygen atoms in total. The molecule has 0 atom stereocenters. The van der Waals surface area contributed by atoms with E-state index in [1.807, 2.05) is 0 Å². The first-order valence-corrected chi connectivity index (χ1v) is 10.6. The minimum absolute atomic E-state index is 0.00579. The van der Waals surface area contributed by atoms with Crippen LogP contribution in [0.2, 0.25) is 10.0 Å². The maximum absolute atomic E-state index is 12.9. The molecule has 4 amide bonds. The number of esters is 1. The third-order valence-corrected chi connectivity index (χ3v) is 6.23. The number of rotatable bonds is 4. The second-order valence-corrected chi connectivity index (χ2v) is 8.26. The lowest BCUT2D eigenvalue weighted by Crippen LogP contribution is -2.33. The zero-order chi connectivity index (χ0) is 24.1. The highest BCUT2D eigenvalue weighted by Gasteiger charge is 2.38. The molecule has 3 aromatic carbocycles. The van der Waals surface area contributed by atoms with Crippen molar-refractivity contribution >= 4 is 58.5 Å². The molecule has 0 aliphatic carbocycles. The average Bonchev–Trinajstić information content (AvgIpc) is 3.23. The van der Waals surface area contributed by atoms with Gasteiger partial charge >= 0.3 is 5.97 Å². The zero-order valence-corrected chi connectivity index (χ0v) is 18.6. The largest absolute Gasteiger partial charge is 0.440 e. The summed E-state index contributed by atoms with van der Waals surface area (Å²) in [5, 5.41) is 0.443. The topological polar surface area (TPSA) is 101 Å². The quantitative estimate of drug-likeness (QED) is 0.397. The number of halogens is 2. The molecule has 5 rings (SSSR count). The van der Waals surface area contributed by atoms with Crippen LogP contribution < -0.4 is 4.90 Å². The number of anilines is 1. The molecular weight excluding hydrogens is 483 g/mol. The number of hydrogen-bond donors (Lipinski definition) is 0. The van der Waals surface area contributed by atoms with Crippen LogP contribution in [0.5, 0.6) is 0 Å². The van der Waals surface area contributed by atoms with Crippen molar-refractivity contribution in [3.8, 4) is 0 Å². The number of imide groups is 2. The van der Waals surface area contributed by atoms with Crippen LogP contribution in [0.15, 0.2) is 60.7 Å². The molecule has 0 saturated carbocycles. The second kappa shape index (κ2) is 8.09. The van der Waals surface area contributed by atoms with Crippen LogP contribution in [0.25, 0.3) is 0 Å². The van der Waals surface area contributed by atoms with Gasteiger partial charge in [-0.25, -0.2) is 14.6 Å². The summed E-state index contributed by atoms with van der Waals surface area (Å²) < 4.78 is 5.15. The normalized spacial score (nSPS) is 14.5. The summed E-state index contributed by atoms with van der Waals surface area (Å²) >= 11 is 11.9. The minimum atomic E-state index is -0.868. The lowest BCUT2D eigenvalue weighted by Gasteiger charge is -2.14. The van der Waals surface area contributed by atoms with E-state index < -0.39 is 36.3 Å². The third-order valence-electron chi connectivity index (χ3n) is 5.49. The van der Waals surface area contributed by atoms with Crippen molar-refractivity contribution < 1.29 is 28.7 Å². The molecule has 0 aromatic heterocycles. The summed E-state index contributed by atoms with van der Waals surface area (Å²) in [6.07, 6.45) is 0. The zero-order valence-electron chi connectivity index (χ0n) is 17.1. The molecule has 0 bridgehead atoms. The van der Waals surface area contributed by atoms with Gasteiger partial charge in [-0.1, -0.05) is 35.3 Å². The second-order valence-electron chi connectivity index (χ2n) is 7.45. The molecule has 0 fully saturated rings. The summed E-state index contributed by atoms with van der Waals surface area (Å²) in [6, 6.07) is 14.5. The molecular formula is C24H12Cl2N2O6. The van der Waals surface area contributed by atoms with Crippen molar-refractivity contribution in [2.45, 2.75) is 0 Å². The fourth-order valence-corrected chi connectivity index (χ4v) is 4.08. The van der Waals surface area contributed by atoms with Crippen LogP contribution in [-0.2, 0) is 4.74 Å². The van der Waals surface area contributed by atoms with Crippen molar-refractivity contribution in [1.82, 2.24) is 4.90 Å². The highest BCUT2D eigenvalue weighted by atomic mass is 35.5. The van der Waals surface area contributed by atoms with E-state index in [-0.39, 0.29) is 43.5 Å². The third kappa shape index (κ3) is 3.35. The smallest absolute Gasteiger partial charge is 0.339 e. The van der Waals surface area contributed by atoms with Crippen molar-refractivity contribution in [2.75, 3.05) is 11.6 Å². The molecule has 0 saturated heterocycles. The van der Waals surface area contributed by atoms with Gasteiger partial charge in [0.2, 0.25) is 0 Å². The molecule has 2 aliphatic rings. The molecule has 10 heteroatoms. The summed E-state index contributed by atoms with van der Waals surface area (Å²) in [5.41, 5.74) is 0.780. The van der Waals surface area contributed by atoms with E-state index in [0.29, 0.717) is 0 Å². The molecule has 34 heavy (non-hydrogen) atoms. The molecule has 0 unspecified atom stereocenters. The number of ether oxygens (including phenoxy) is 1. The molecule has 2 aliphatic heterocycles. The Hall–Kier alpha value is -4.01. The Balaban J connectivity index is 1.34. The Morgan fingerprint density at radius 2 is 1.32 bits per heavy atom. The average molecular weight is 495 g/mol. The first-order chi connectivity index (χ1) is 16.3. The van der Waals surface area contributed by atoms with Gasteiger partial charge < -0.3 is 4.74 Å². The minimum Gasteiger partial charge on any atom is -0.440 e. The first-order valence-electron chi connectivity index (χ1n) is 9.88. The Morgan fingerprint density at radius 3 is 1.97 bits per heavy atom. The number of fused-ring (bicyclic) bond motifs is 2. The lowest BCUT2D eigenvalue weighted by atomic mass is 10.1. The van der Waals surface area contributed by atoms with Gasteiger partial charge in [0, 0.05) is 0 Å². The Morgan fingerprint density at radius 1 is 0.706 bits per heavy atom. The van der Waals surface area contributed by atoms with Crippen LogP contribution in [-0.4, -0.2) is 41.2 Å². The monoisotopic (exact) mass is 494 g/mol. The molecule has 0 N–H and O–H groups in total.